The molecule has 0 heterocycles. The average molecular weight is 232 g/mol. The second-order valence-corrected chi connectivity index (χ2v) is 5.34. The van der Waals surface area contributed by atoms with Gasteiger partial charge in [0.05, 0.1) is 0 Å². The summed E-state index contributed by atoms with van der Waals surface area (Å²) in [5.41, 5.74) is 9.23. The Bertz CT molecular complexity index is 375. The molecule has 0 spiro atoms. The van der Waals surface area contributed by atoms with Gasteiger partial charge in [0.1, 0.15) is 0 Å². The van der Waals surface area contributed by atoms with Crippen LogP contribution >= 0.6 is 0 Å². The van der Waals surface area contributed by atoms with Crippen LogP contribution in [-0.4, -0.2) is 24.5 Å². The fourth-order valence-electron chi connectivity index (χ4n) is 3.08. The molecule has 2 heteroatoms. The van der Waals surface area contributed by atoms with Crippen LogP contribution in [0.3, 0.4) is 0 Å². The van der Waals surface area contributed by atoms with Gasteiger partial charge in [0, 0.05) is 12.1 Å². The van der Waals surface area contributed by atoms with Gasteiger partial charge in [0.25, 0.3) is 0 Å². The summed E-state index contributed by atoms with van der Waals surface area (Å²) in [4.78, 5) is 2.43. The van der Waals surface area contributed by atoms with Gasteiger partial charge < -0.3 is 10.6 Å². The molecule has 0 radical (unpaired) electrons. The zero-order chi connectivity index (χ0) is 12.4. The van der Waals surface area contributed by atoms with Crippen LogP contribution < -0.4 is 5.73 Å². The highest BCUT2D eigenvalue weighted by atomic mass is 15.1. The number of fused-ring (bicyclic) bond motifs is 1. The molecule has 0 fully saturated rings. The van der Waals surface area contributed by atoms with Crippen LogP contribution in [0.2, 0.25) is 0 Å². The van der Waals surface area contributed by atoms with Crippen LogP contribution in [-0.2, 0) is 0 Å². The number of nitrogens with zero attached hydrogens (tertiary/aromatic N) is 1. The van der Waals surface area contributed by atoms with Crippen molar-refractivity contribution >= 4 is 0 Å². The predicted molar refractivity (Wildman–Crippen MR) is 73.1 cm³/mol. The van der Waals surface area contributed by atoms with E-state index in [2.05, 4.69) is 50.1 Å². The second kappa shape index (κ2) is 5.19. The third kappa shape index (κ3) is 2.38. The Morgan fingerprint density at radius 2 is 1.94 bits per heavy atom. The van der Waals surface area contributed by atoms with Gasteiger partial charge in [-0.25, -0.2) is 0 Å². The summed E-state index contributed by atoms with van der Waals surface area (Å²) in [6.45, 7) is 5.67. The first kappa shape index (κ1) is 12.6. The van der Waals surface area contributed by atoms with Gasteiger partial charge in [-0.2, -0.15) is 0 Å². The molecule has 1 aromatic carbocycles. The van der Waals surface area contributed by atoms with E-state index in [1.165, 1.54) is 24.0 Å². The molecular weight excluding hydrogens is 208 g/mol. The molecule has 94 valence electrons. The lowest BCUT2D eigenvalue weighted by Gasteiger charge is -2.40. The second-order valence-electron chi connectivity index (χ2n) is 5.34. The first-order chi connectivity index (χ1) is 8.15. The minimum absolute atomic E-state index is 0.166. The third-order valence-corrected chi connectivity index (χ3v) is 4.04. The molecule has 0 amide bonds. The first-order valence-electron chi connectivity index (χ1n) is 6.69. The lowest BCUT2D eigenvalue weighted by molar-refractivity contribution is 0.182. The fourth-order valence-corrected chi connectivity index (χ4v) is 3.08. The largest absolute Gasteiger partial charge is 0.323 e. The maximum absolute atomic E-state index is 6.44. The molecule has 1 aliphatic rings. The van der Waals surface area contributed by atoms with Crippen LogP contribution in [0.5, 0.6) is 0 Å². The van der Waals surface area contributed by atoms with E-state index in [1.807, 2.05) is 0 Å². The molecule has 3 atom stereocenters. The van der Waals surface area contributed by atoms with Crippen LogP contribution in [0.15, 0.2) is 24.3 Å². The van der Waals surface area contributed by atoms with E-state index in [4.69, 9.17) is 5.73 Å². The smallest absolute Gasteiger partial charge is 0.0456 e. The molecule has 1 aromatic rings. The lowest BCUT2D eigenvalue weighted by Crippen LogP contribution is -2.44. The van der Waals surface area contributed by atoms with E-state index in [0.29, 0.717) is 12.0 Å². The van der Waals surface area contributed by atoms with E-state index in [0.717, 1.165) is 6.54 Å². The third-order valence-electron chi connectivity index (χ3n) is 4.04. The highest BCUT2D eigenvalue weighted by Gasteiger charge is 2.32. The SMILES string of the molecule is CCCN(C)C1CC(C)c2ccccc2C1N. The zero-order valence-corrected chi connectivity index (χ0v) is 11.2. The Labute approximate surface area is 105 Å². The summed E-state index contributed by atoms with van der Waals surface area (Å²) in [7, 11) is 2.20. The zero-order valence-electron chi connectivity index (χ0n) is 11.2. The molecule has 2 nitrogen and oxygen atoms in total. The molecule has 0 aromatic heterocycles. The van der Waals surface area contributed by atoms with E-state index >= 15 is 0 Å². The molecule has 3 unspecified atom stereocenters. The van der Waals surface area contributed by atoms with E-state index in [-0.39, 0.29) is 6.04 Å². The fraction of sp³-hybridized carbons (Fsp3) is 0.600. The quantitative estimate of drug-likeness (QED) is 0.868. The van der Waals surface area contributed by atoms with Gasteiger partial charge in [-0.3, -0.25) is 0 Å². The Morgan fingerprint density at radius 1 is 1.29 bits per heavy atom. The minimum atomic E-state index is 0.166. The van der Waals surface area contributed by atoms with E-state index < -0.39 is 0 Å². The van der Waals surface area contributed by atoms with E-state index in [9.17, 15) is 0 Å². The van der Waals surface area contributed by atoms with Crippen LogP contribution in [0.1, 0.15) is 49.8 Å². The number of hydrogen-bond donors (Lipinski definition) is 1. The average Bonchev–Trinajstić information content (AvgIpc) is 2.34. The standard InChI is InChI=1S/C15H24N2/c1-4-9-17(3)14-10-11(2)12-7-5-6-8-13(12)15(14)16/h5-8,11,14-15H,4,9-10,16H2,1-3H3. The maximum atomic E-state index is 6.44. The van der Waals surface area contributed by atoms with Gasteiger partial charge in [-0.15, -0.1) is 0 Å². The van der Waals surface area contributed by atoms with Crippen molar-refractivity contribution in [2.45, 2.75) is 44.7 Å². The summed E-state index contributed by atoms with van der Waals surface area (Å²) in [5.74, 6) is 0.621. The monoisotopic (exact) mass is 232 g/mol. The number of nitrogens with two attached hydrogens (primary N) is 1. The van der Waals surface area contributed by atoms with Crippen molar-refractivity contribution in [3.8, 4) is 0 Å². The highest BCUT2D eigenvalue weighted by molar-refractivity contribution is 5.36. The molecule has 1 aliphatic carbocycles. The highest BCUT2D eigenvalue weighted by Crippen LogP contribution is 2.37. The molecule has 2 rings (SSSR count). The molecule has 0 saturated carbocycles. The molecular formula is C15H24N2. The summed E-state index contributed by atoms with van der Waals surface area (Å²) >= 11 is 0. The first-order valence-corrected chi connectivity index (χ1v) is 6.69. The number of benzene rings is 1. The van der Waals surface area contributed by atoms with Gasteiger partial charge in [-0.1, -0.05) is 38.1 Å². The minimum Gasteiger partial charge on any atom is -0.323 e. The van der Waals surface area contributed by atoms with Crippen molar-refractivity contribution < 1.29 is 0 Å². The lowest BCUT2D eigenvalue weighted by atomic mass is 9.78. The maximum Gasteiger partial charge on any atom is 0.0456 e. The molecule has 2 N–H and O–H groups in total. The van der Waals surface area contributed by atoms with Crippen molar-refractivity contribution in [3.05, 3.63) is 35.4 Å². The molecule has 0 aliphatic heterocycles. The Kier molecular flexibility index (Phi) is 3.85. The molecule has 0 bridgehead atoms. The normalized spacial score (nSPS) is 28.2. The van der Waals surface area contributed by atoms with E-state index in [1.54, 1.807) is 0 Å². The Balaban J connectivity index is 2.26. The van der Waals surface area contributed by atoms with Crippen LogP contribution in [0.25, 0.3) is 0 Å². The van der Waals surface area contributed by atoms with Crippen molar-refractivity contribution in [2.24, 2.45) is 5.73 Å². The van der Waals surface area contributed by atoms with Gasteiger partial charge in [-0.05, 0) is 43.5 Å². The number of hydrogen-bond acceptors (Lipinski definition) is 2. The van der Waals surface area contributed by atoms with Crippen molar-refractivity contribution in [3.63, 3.8) is 0 Å². The number of rotatable bonds is 3. The molecule has 17 heavy (non-hydrogen) atoms. The van der Waals surface area contributed by atoms with Crippen molar-refractivity contribution in [1.82, 2.24) is 4.90 Å². The molecule has 0 saturated heterocycles. The van der Waals surface area contributed by atoms with Gasteiger partial charge in [0.15, 0.2) is 0 Å². The number of likely N-dealkylation sites (N-methyl/N-ethyl adjacent to an activating group) is 1. The van der Waals surface area contributed by atoms with Crippen LogP contribution in [0.4, 0.5) is 0 Å². The van der Waals surface area contributed by atoms with Crippen molar-refractivity contribution in [2.75, 3.05) is 13.6 Å². The summed E-state index contributed by atoms with van der Waals surface area (Å²) in [6, 6.07) is 9.31. The van der Waals surface area contributed by atoms with Gasteiger partial charge >= 0.3 is 0 Å². The summed E-state index contributed by atoms with van der Waals surface area (Å²) in [6.07, 6.45) is 2.37. The Morgan fingerprint density at radius 3 is 2.59 bits per heavy atom. The van der Waals surface area contributed by atoms with Crippen LogP contribution in [0, 0.1) is 0 Å². The topological polar surface area (TPSA) is 29.3 Å². The Hall–Kier alpha value is -0.860. The summed E-state index contributed by atoms with van der Waals surface area (Å²) < 4.78 is 0. The summed E-state index contributed by atoms with van der Waals surface area (Å²) in [5, 5.41) is 0. The predicted octanol–water partition coefficient (Wildman–Crippen LogP) is 2.90. The van der Waals surface area contributed by atoms with Crippen molar-refractivity contribution in [1.29, 1.82) is 0 Å². The van der Waals surface area contributed by atoms with Gasteiger partial charge in [0.2, 0.25) is 0 Å².